The number of aryl methyl sites for hydroxylation is 1. The van der Waals surface area contributed by atoms with Crippen molar-refractivity contribution in [1.29, 1.82) is 0 Å². The zero-order chi connectivity index (χ0) is 23.1. The number of hydrogen-bond acceptors (Lipinski definition) is 4. The van der Waals surface area contributed by atoms with E-state index >= 15 is 0 Å². The van der Waals surface area contributed by atoms with Crippen LogP contribution in [0.2, 0.25) is 0 Å². The second kappa shape index (κ2) is 8.25. The molecule has 0 spiro atoms. The van der Waals surface area contributed by atoms with E-state index in [1.807, 2.05) is 48.9 Å². The molecule has 32 heavy (non-hydrogen) atoms. The van der Waals surface area contributed by atoms with Crippen LogP contribution in [0.15, 0.2) is 59.5 Å². The lowest BCUT2D eigenvalue weighted by Crippen LogP contribution is -2.49. The molecule has 0 unspecified atom stereocenters. The number of piperazine rings is 1. The minimum atomic E-state index is -4.51. The summed E-state index contributed by atoms with van der Waals surface area (Å²) in [5, 5.41) is 4.65. The van der Waals surface area contributed by atoms with Crippen molar-refractivity contribution in [3.05, 3.63) is 71.5 Å². The highest BCUT2D eigenvalue weighted by Crippen LogP contribution is 2.31. The third kappa shape index (κ3) is 4.12. The van der Waals surface area contributed by atoms with Gasteiger partial charge in [0.2, 0.25) is 10.0 Å². The maximum atomic E-state index is 12.9. The average molecular weight is 465 g/mol. The Labute approximate surface area is 184 Å². The number of benzene rings is 2. The van der Waals surface area contributed by atoms with Crippen molar-refractivity contribution in [2.75, 3.05) is 31.1 Å². The smallest absolute Gasteiger partial charge is 0.366 e. The predicted molar refractivity (Wildman–Crippen MR) is 115 cm³/mol. The Hall–Kier alpha value is -2.85. The van der Waals surface area contributed by atoms with Gasteiger partial charge in [0, 0.05) is 26.2 Å². The number of nitrogens with zero attached hydrogens (tertiary/aromatic N) is 4. The van der Waals surface area contributed by atoms with Gasteiger partial charge in [0.15, 0.2) is 0 Å². The maximum absolute atomic E-state index is 12.9. The summed E-state index contributed by atoms with van der Waals surface area (Å²) >= 11 is 0. The Kier molecular flexibility index (Phi) is 5.76. The van der Waals surface area contributed by atoms with E-state index in [2.05, 4.69) is 10.00 Å². The minimum absolute atomic E-state index is 0.136. The lowest BCUT2D eigenvalue weighted by molar-refractivity contribution is -0.137. The Morgan fingerprint density at radius 3 is 2.03 bits per heavy atom. The quantitative estimate of drug-likeness (QED) is 0.585. The van der Waals surface area contributed by atoms with Gasteiger partial charge in [0.05, 0.1) is 33.2 Å². The number of aromatic nitrogens is 2. The number of alkyl halides is 3. The number of hydrogen-bond donors (Lipinski definition) is 0. The fourth-order valence-electron chi connectivity index (χ4n) is 4.03. The summed E-state index contributed by atoms with van der Waals surface area (Å²) in [5.74, 6) is 0. The van der Waals surface area contributed by atoms with Crippen molar-refractivity contribution in [2.45, 2.75) is 24.9 Å². The fourth-order valence-corrected chi connectivity index (χ4v) is 5.45. The van der Waals surface area contributed by atoms with Gasteiger partial charge < -0.3 is 4.90 Å². The van der Waals surface area contributed by atoms with Gasteiger partial charge in [-0.15, -0.1) is 0 Å². The van der Waals surface area contributed by atoms with Gasteiger partial charge in [-0.05, 0) is 50.2 Å². The molecule has 0 aliphatic carbocycles. The van der Waals surface area contributed by atoms with E-state index in [1.54, 1.807) is 0 Å². The summed E-state index contributed by atoms with van der Waals surface area (Å²) < 4.78 is 67.4. The van der Waals surface area contributed by atoms with Crippen molar-refractivity contribution in [2.24, 2.45) is 0 Å². The first kappa shape index (κ1) is 22.3. The summed E-state index contributed by atoms with van der Waals surface area (Å²) in [5.41, 5.74) is 2.86. The van der Waals surface area contributed by atoms with E-state index in [9.17, 15) is 21.6 Å². The van der Waals surface area contributed by atoms with E-state index < -0.39 is 21.8 Å². The summed E-state index contributed by atoms with van der Waals surface area (Å²) in [6.07, 6.45) is -4.51. The predicted octanol–water partition coefficient (Wildman–Crippen LogP) is 4.02. The standard InChI is InChI=1S/C22H23F3N4O2S/c1-16-21(17(2)29(26-16)19-6-4-3-5-7-19)27-12-14-28(15-13-27)32(30,31)20-10-8-18(9-11-20)22(23,24)25/h3-11H,12-15H2,1-2H3. The van der Waals surface area contributed by atoms with Gasteiger partial charge >= 0.3 is 6.18 Å². The molecule has 0 N–H and O–H groups in total. The molecule has 10 heteroatoms. The van der Waals surface area contributed by atoms with Crippen LogP contribution in [0.4, 0.5) is 18.9 Å². The molecule has 4 rings (SSSR count). The Balaban J connectivity index is 1.50. The normalized spacial score (nSPS) is 15.8. The summed E-state index contributed by atoms with van der Waals surface area (Å²) in [6.45, 7) is 5.29. The van der Waals surface area contributed by atoms with Crippen LogP contribution in [0, 0.1) is 13.8 Å². The summed E-state index contributed by atoms with van der Waals surface area (Å²) in [6, 6.07) is 13.4. The highest BCUT2D eigenvalue weighted by Gasteiger charge is 2.33. The second-order valence-corrected chi connectivity index (χ2v) is 9.62. The minimum Gasteiger partial charge on any atom is -0.366 e. The zero-order valence-corrected chi connectivity index (χ0v) is 18.5. The molecule has 1 aliphatic heterocycles. The molecule has 0 amide bonds. The van der Waals surface area contributed by atoms with Crippen LogP contribution < -0.4 is 4.90 Å². The largest absolute Gasteiger partial charge is 0.416 e. The van der Waals surface area contributed by atoms with Crippen molar-refractivity contribution in [1.82, 2.24) is 14.1 Å². The first-order valence-electron chi connectivity index (χ1n) is 10.1. The Morgan fingerprint density at radius 1 is 0.875 bits per heavy atom. The van der Waals surface area contributed by atoms with Crippen LogP contribution in [-0.4, -0.2) is 48.7 Å². The van der Waals surface area contributed by atoms with Crippen molar-refractivity contribution < 1.29 is 21.6 Å². The van der Waals surface area contributed by atoms with Crippen LogP contribution in [0.5, 0.6) is 0 Å². The van der Waals surface area contributed by atoms with Gasteiger partial charge in [-0.2, -0.15) is 22.6 Å². The van der Waals surface area contributed by atoms with E-state index in [-0.39, 0.29) is 18.0 Å². The van der Waals surface area contributed by atoms with Gasteiger partial charge in [-0.25, -0.2) is 13.1 Å². The van der Waals surface area contributed by atoms with E-state index in [4.69, 9.17) is 0 Å². The van der Waals surface area contributed by atoms with Crippen LogP contribution >= 0.6 is 0 Å². The van der Waals surface area contributed by atoms with Crippen LogP contribution in [-0.2, 0) is 16.2 Å². The summed E-state index contributed by atoms with van der Waals surface area (Å²) in [4.78, 5) is 1.97. The monoisotopic (exact) mass is 464 g/mol. The maximum Gasteiger partial charge on any atom is 0.416 e. The molecule has 1 saturated heterocycles. The summed E-state index contributed by atoms with van der Waals surface area (Å²) in [7, 11) is -3.87. The molecular weight excluding hydrogens is 441 g/mol. The van der Waals surface area contributed by atoms with Crippen LogP contribution in [0.25, 0.3) is 5.69 Å². The lowest BCUT2D eigenvalue weighted by Gasteiger charge is -2.35. The second-order valence-electron chi connectivity index (χ2n) is 7.68. The van der Waals surface area contributed by atoms with Crippen molar-refractivity contribution in [3.63, 3.8) is 0 Å². The lowest BCUT2D eigenvalue weighted by atomic mass is 10.2. The SMILES string of the molecule is Cc1nn(-c2ccccc2)c(C)c1N1CCN(S(=O)(=O)c2ccc(C(F)(F)F)cc2)CC1. The van der Waals surface area contributed by atoms with Crippen LogP contribution in [0.3, 0.4) is 0 Å². The molecule has 1 aromatic heterocycles. The Bertz CT molecular complexity index is 1200. The van der Waals surface area contributed by atoms with Crippen molar-refractivity contribution in [3.8, 4) is 5.69 Å². The number of rotatable bonds is 4. The molecule has 3 aromatic rings. The highest BCUT2D eigenvalue weighted by molar-refractivity contribution is 7.89. The third-order valence-corrected chi connectivity index (χ3v) is 7.54. The highest BCUT2D eigenvalue weighted by atomic mass is 32.2. The van der Waals surface area contributed by atoms with Gasteiger partial charge in [0.25, 0.3) is 0 Å². The van der Waals surface area contributed by atoms with E-state index in [1.165, 1.54) is 4.31 Å². The third-order valence-electron chi connectivity index (χ3n) is 5.63. The number of sulfonamides is 1. The van der Waals surface area contributed by atoms with E-state index in [0.717, 1.165) is 47.0 Å². The number of halogens is 3. The first-order chi connectivity index (χ1) is 15.1. The molecule has 6 nitrogen and oxygen atoms in total. The molecule has 0 bridgehead atoms. The fraction of sp³-hybridized carbons (Fsp3) is 0.318. The molecule has 170 valence electrons. The van der Waals surface area contributed by atoms with E-state index in [0.29, 0.717) is 13.1 Å². The first-order valence-corrected chi connectivity index (χ1v) is 11.6. The molecular formula is C22H23F3N4O2S. The number of para-hydroxylation sites is 1. The molecule has 2 heterocycles. The molecule has 1 aliphatic rings. The van der Waals surface area contributed by atoms with Gasteiger partial charge in [0.1, 0.15) is 0 Å². The molecule has 0 atom stereocenters. The number of anilines is 1. The van der Waals surface area contributed by atoms with Crippen LogP contribution in [0.1, 0.15) is 17.0 Å². The zero-order valence-electron chi connectivity index (χ0n) is 17.7. The Morgan fingerprint density at radius 2 is 1.47 bits per heavy atom. The van der Waals surface area contributed by atoms with Gasteiger partial charge in [-0.1, -0.05) is 18.2 Å². The topological polar surface area (TPSA) is 58.4 Å². The average Bonchev–Trinajstić information content (AvgIpc) is 3.08. The molecule has 2 aromatic carbocycles. The molecule has 0 radical (unpaired) electrons. The van der Waals surface area contributed by atoms with Crippen molar-refractivity contribution >= 4 is 15.7 Å². The van der Waals surface area contributed by atoms with Gasteiger partial charge in [-0.3, -0.25) is 0 Å². The molecule has 1 fully saturated rings. The molecule has 0 saturated carbocycles.